The number of hydrogen-bond donors (Lipinski definition) is 0. The third kappa shape index (κ3) is 46.2. The summed E-state index contributed by atoms with van der Waals surface area (Å²) in [5.41, 5.74) is 0. The molecule has 0 aromatic carbocycles. The van der Waals surface area contributed by atoms with Crippen LogP contribution in [-0.4, -0.2) is 82.3 Å². The summed E-state index contributed by atoms with van der Waals surface area (Å²) < 4.78 is 22.5. The molecule has 9 nitrogen and oxygen atoms in total. The maximum absolute atomic E-state index is 12.8. The highest BCUT2D eigenvalue weighted by Gasteiger charge is 2.21. The summed E-state index contributed by atoms with van der Waals surface area (Å²) in [4.78, 5) is 37.0. The van der Waals surface area contributed by atoms with Gasteiger partial charge in [0.1, 0.15) is 13.2 Å². The van der Waals surface area contributed by atoms with E-state index in [1.807, 2.05) is 21.1 Å². The van der Waals surface area contributed by atoms with Gasteiger partial charge in [0.25, 0.3) is 0 Å². The number of ether oxygens (including phenoxy) is 4. The standard InChI is InChI=1S/C55H91NO8/c1-6-8-10-12-14-16-18-20-21-22-23-24-25-26-27-28-29-30-31-32-33-34-36-38-40-42-44-46-53(58)64-51(50-63-55(54(59)60)61-48-47-56(3,4)5)49-62-52(57)45-43-41-39-37-35-19-17-15-13-11-9-7-2/h8,10,14,16,20-21,23-24,26-27,29-30,32-33,36,38,51,55H,6-7,9,11-13,15,17-19,22,25,28,31,34-35,37,39-50H2,1-5H3/b10-8-,16-14-,21-20-,24-23-,27-26-,30-29-,33-32-,38-36-. The van der Waals surface area contributed by atoms with Crippen LogP contribution in [0.3, 0.4) is 0 Å². The number of aliphatic carboxylic acids is 1. The molecule has 64 heavy (non-hydrogen) atoms. The summed E-state index contributed by atoms with van der Waals surface area (Å²) in [5.74, 6) is -2.36. The van der Waals surface area contributed by atoms with Crippen LogP contribution in [0.25, 0.3) is 0 Å². The smallest absolute Gasteiger partial charge is 0.306 e. The number of nitrogens with zero attached hydrogens (tertiary/aromatic N) is 1. The number of carboxylic acids is 1. The first-order valence-electron chi connectivity index (χ1n) is 24.9. The highest BCUT2D eigenvalue weighted by molar-refractivity contribution is 5.70. The zero-order valence-corrected chi connectivity index (χ0v) is 41.1. The minimum atomic E-state index is -1.64. The Morgan fingerprint density at radius 3 is 1.33 bits per heavy atom. The molecule has 0 spiro atoms. The lowest BCUT2D eigenvalue weighted by Gasteiger charge is -2.26. The van der Waals surface area contributed by atoms with E-state index in [-0.39, 0.29) is 38.6 Å². The minimum absolute atomic E-state index is 0.135. The van der Waals surface area contributed by atoms with Crippen LogP contribution in [-0.2, 0) is 33.3 Å². The lowest BCUT2D eigenvalue weighted by molar-refractivity contribution is -0.870. The fourth-order valence-corrected chi connectivity index (χ4v) is 6.26. The Kier molecular flexibility index (Phi) is 43.1. The van der Waals surface area contributed by atoms with Gasteiger partial charge in [0.2, 0.25) is 0 Å². The molecule has 0 aliphatic rings. The number of allylic oxidation sites excluding steroid dienone is 16. The third-order valence-corrected chi connectivity index (χ3v) is 10.1. The molecule has 9 heteroatoms. The molecule has 0 amide bonds. The van der Waals surface area contributed by atoms with Gasteiger partial charge in [-0.15, -0.1) is 0 Å². The molecule has 364 valence electrons. The van der Waals surface area contributed by atoms with E-state index in [1.165, 1.54) is 57.8 Å². The monoisotopic (exact) mass is 894 g/mol. The van der Waals surface area contributed by atoms with E-state index in [0.29, 0.717) is 17.4 Å². The predicted octanol–water partition coefficient (Wildman–Crippen LogP) is 12.5. The Hall–Kier alpha value is -3.79. The van der Waals surface area contributed by atoms with Crippen LogP contribution in [0.15, 0.2) is 97.2 Å². The molecule has 0 saturated carbocycles. The van der Waals surface area contributed by atoms with Crippen LogP contribution < -0.4 is 5.11 Å². The van der Waals surface area contributed by atoms with Crippen molar-refractivity contribution in [3.8, 4) is 0 Å². The number of hydrogen-bond acceptors (Lipinski definition) is 8. The highest BCUT2D eigenvalue weighted by Crippen LogP contribution is 2.13. The van der Waals surface area contributed by atoms with Crippen molar-refractivity contribution in [1.82, 2.24) is 0 Å². The van der Waals surface area contributed by atoms with Crippen LogP contribution in [0, 0.1) is 0 Å². The Labute approximate surface area is 391 Å². The number of carbonyl (C=O) groups is 3. The number of unbranched alkanes of at least 4 members (excludes halogenated alkanes) is 13. The van der Waals surface area contributed by atoms with Crippen molar-refractivity contribution in [2.45, 2.75) is 187 Å². The van der Waals surface area contributed by atoms with Gasteiger partial charge in [-0.1, -0.05) is 182 Å². The summed E-state index contributed by atoms with van der Waals surface area (Å²) in [6.07, 6.45) is 57.3. The molecule has 0 radical (unpaired) electrons. The number of carbonyl (C=O) groups excluding carboxylic acids is 3. The average Bonchev–Trinajstić information content (AvgIpc) is 3.26. The Morgan fingerprint density at radius 1 is 0.484 bits per heavy atom. The summed E-state index contributed by atoms with van der Waals surface area (Å²) >= 11 is 0. The van der Waals surface area contributed by atoms with Crippen molar-refractivity contribution in [1.29, 1.82) is 0 Å². The average molecular weight is 894 g/mol. The molecule has 0 bridgehead atoms. The van der Waals surface area contributed by atoms with Crippen molar-refractivity contribution in [3.63, 3.8) is 0 Å². The number of likely N-dealkylation sites (N-methyl/N-ethyl adjacent to an activating group) is 1. The second-order valence-electron chi connectivity index (χ2n) is 17.4. The SMILES string of the molecule is CC/C=C\C/C=C\C/C=C\C/C=C\C/C=C\C/C=C\C/C=C\C/C=C\CCCCC(=O)OC(COC(=O)CCCCCCCCCCCCCC)COC(OCC[N+](C)(C)C)C(=O)[O-]. The molecule has 0 aromatic heterocycles. The Morgan fingerprint density at radius 2 is 0.891 bits per heavy atom. The van der Waals surface area contributed by atoms with Gasteiger partial charge in [-0.3, -0.25) is 9.59 Å². The van der Waals surface area contributed by atoms with Crippen LogP contribution in [0.4, 0.5) is 0 Å². The summed E-state index contributed by atoms with van der Waals surface area (Å²) in [6.45, 7) is 4.55. The van der Waals surface area contributed by atoms with Crippen molar-refractivity contribution in [2.24, 2.45) is 0 Å². The van der Waals surface area contributed by atoms with E-state index < -0.39 is 24.3 Å². The van der Waals surface area contributed by atoms with Gasteiger partial charge in [0.05, 0.1) is 40.3 Å². The first-order chi connectivity index (χ1) is 31.1. The lowest BCUT2D eigenvalue weighted by Crippen LogP contribution is -2.44. The van der Waals surface area contributed by atoms with Gasteiger partial charge in [-0.05, 0) is 77.0 Å². The van der Waals surface area contributed by atoms with E-state index in [2.05, 4.69) is 111 Å². The van der Waals surface area contributed by atoms with Crippen molar-refractivity contribution in [3.05, 3.63) is 97.2 Å². The number of esters is 2. The number of rotatable bonds is 44. The van der Waals surface area contributed by atoms with Crippen molar-refractivity contribution in [2.75, 3.05) is 47.5 Å². The first kappa shape index (κ1) is 60.2. The molecule has 0 N–H and O–H groups in total. The van der Waals surface area contributed by atoms with Crippen molar-refractivity contribution < 1.29 is 42.9 Å². The van der Waals surface area contributed by atoms with Gasteiger partial charge in [0, 0.05) is 12.8 Å². The molecule has 2 unspecified atom stereocenters. The molecule has 0 aromatic rings. The van der Waals surface area contributed by atoms with Crippen LogP contribution in [0.1, 0.15) is 174 Å². The Balaban J connectivity index is 4.44. The molecule has 2 atom stereocenters. The molecular formula is C55H91NO8. The zero-order valence-electron chi connectivity index (χ0n) is 41.1. The second-order valence-corrected chi connectivity index (χ2v) is 17.4. The van der Waals surface area contributed by atoms with Gasteiger partial charge in [0.15, 0.2) is 12.4 Å². The largest absolute Gasteiger partial charge is 0.545 e. The van der Waals surface area contributed by atoms with Gasteiger partial charge in [-0.2, -0.15) is 0 Å². The van der Waals surface area contributed by atoms with Gasteiger partial charge in [-0.25, -0.2) is 0 Å². The topological polar surface area (TPSA) is 111 Å². The summed E-state index contributed by atoms with van der Waals surface area (Å²) in [6, 6.07) is 0. The molecule has 0 rings (SSSR count). The van der Waals surface area contributed by atoms with Crippen molar-refractivity contribution >= 4 is 17.9 Å². The zero-order chi connectivity index (χ0) is 47.0. The van der Waals surface area contributed by atoms with Crippen LogP contribution in [0.2, 0.25) is 0 Å². The maximum atomic E-state index is 12.8. The molecule has 0 saturated heterocycles. The maximum Gasteiger partial charge on any atom is 0.306 e. The molecule has 0 aliphatic carbocycles. The molecule has 0 heterocycles. The molecule has 0 fully saturated rings. The van der Waals surface area contributed by atoms with E-state index >= 15 is 0 Å². The fraction of sp³-hybridized carbons (Fsp3) is 0.655. The van der Waals surface area contributed by atoms with Crippen LogP contribution >= 0.6 is 0 Å². The Bertz CT molecular complexity index is 1370. The number of carboxylic acid groups (broad SMARTS) is 1. The highest BCUT2D eigenvalue weighted by atomic mass is 16.7. The van der Waals surface area contributed by atoms with Gasteiger partial charge < -0.3 is 33.3 Å². The lowest BCUT2D eigenvalue weighted by atomic mass is 10.0. The predicted molar refractivity (Wildman–Crippen MR) is 264 cm³/mol. The summed E-state index contributed by atoms with van der Waals surface area (Å²) in [7, 11) is 5.89. The van der Waals surface area contributed by atoms with Crippen LogP contribution in [0.5, 0.6) is 0 Å². The first-order valence-corrected chi connectivity index (χ1v) is 24.9. The third-order valence-electron chi connectivity index (χ3n) is 10.1. The second kappa shape index (κ2) is 45.8. The quantitative estimate of drug-likeness (QED) is 0.0195. The molecule has 0 aliphatic heterocycles. The summed E-state index contributed by atoms with van der Waals surface area (Å²) in [5, 5.41) is 11.7. The van der Waals surface area contributed by atoms with E-state index in [1.54, 1.807) is 0 Å². The minimum Gasteiger partial charge on any atom is -0.545 e. The van der Waals surface area contributed by atoms with E-state index in [9.17, 15) is 19.5 Å². The van der Waals surface area contributed by atoms with E-state index in [0.717, 1.165) is 83.5 Å². The molecular weight excluding hydrogens is 803 g/mol. The van der Waals surface area contributed by atoms with Gasteiger partial charge >= 0.3 is 11.9 Å². The number of quaternary nitrogens is 1. The fourth-order valence-electron chi connectivity index (χ4n) is 6.26. The van der Waals surface area contributed by atoms with E-state index in [4.69, 9.17) is 18.9 Å². The normalized spacial score (nSPS) is 13.7.